The van der Waals surface area contributed by atoms with Crippen molar-refractivity contribution < 1.29 is 24.0 Å². The summed E-state index contributed by atoms with van der Waals surface area (Å²) in [7, 11) is 0. The van der Waals surface area contributed by atoms with Crippen LogP contribution in [-0.2, 0) is 14.3 Å². The predicted octanol–water partition coefficient (Wildman–Crippen LogP) is 3.93. The number of esters is 1. The summed E-state index contributed by atoms with van der Waals surface area (Å²) in [6.45, 7) is 2.64. The molecule has 0 aromatic heterocycles. The molecule has 1 saturated heterocycles. The SMILES string of the molecule is CCCCCOC(=O)c1ccc(NC(=O)[C@H]2CC(=O)N(c3ccc([N+](=O)[O-])cc3)C2)cc1. The second-order valence-corrected chi connectivity index (χ2v) is 7.59. The Morgan fingerprint density at radius 1 is 1.12 bits per heavy atom. The first-order valence-corrected chi connectivity index (χ1v) is 10.5. The molecular weight excluding hydrogens is 414 g/mol. The Labute approximate surface area is 185 Å². The van der Waals surface area contributed by atoms with Crippen molar-refractivity contribution in [3.8, 4) is 0 Å². The highest BCUT2D eigenvalue weighted by molar-refractivity contribution is 6.03. The summed E-state index contributed by atoms with van der Waals surface area (Å²) in [5, 5.41) is 13.6. The van der Waals surface area contributed by atoms with E-state index in [9.17, 15) is 24.5 Å². The molecule has 32 heavy (non-hydrogen) atoms. The zero-order valence-corrected chi connectivity index (χ0v) is 17.8. The fourth-order valence-corrected chi connectivity index (χ4v) is 3.42. The molecule has 2 aromatic carbocycles. The summed E-state index contributed by atoms with van der Waals surface area (Å²) in [6.07, 6.45) is 2.92. The lowest BCUT2D eigenvalue weighted by Gasteiger charge is -2.16. The first-order valence-electron chi connectivity index (χ1n) is 10.5. The Hall–Kier alpha value is -3.75. The highest BCUT2D eigenvalue weighted by Gasteiger charge is 2.35. The molecule has 2 amide bonds. The monoisotopic (exact) mass is 439 g/mol. The second-order valence-electron chi connectivity index (χ2n) is 7.59. The number of ether oxygens (including phenoxy) is 1. The van der Waals surface area contributed by atoms with E-state index in [1.807, 2.05) is 0 Å². The van der Waals surface area contributed by atoms with Crippen molar-refractivity contribution in [2.24, 2.45) is 5.92 Å². The van der Waals surface area contributed by atoms with Crippen molar-refractivity contribution in [3.63, 3.8) is 0 Å². The van der Waals surface area contributed by atoms with Gasteiger partial charge < -0.3 is 15.0 Å². The molecule has 1 heterocycles. The Bertz CT molecular complexity index is 988. The van der Waals surface area contributed by atoms with Crippen LogP contribution in [0.4, 0.5) is 17.1 Å². The first-order chi connectivity index (χ1) is 15.4. The van der Waals surface area contributed by atoms with E-state index in [4.69, 9.17) is 4.74 Å². The number of carbonyl (C=O) groups excluding carboxylic acids is 3. The maximum Gasteiger partial charge on any atom is 0.338 e. The third-order valence-electron chi connectivity index (χ3n) is 5.24. The fraction of sp³-hybridized carbons (Fsp3) is 0.348. The largest absolute Gasteiger partial charge is 0.462 e. The Kier molecular flexibility index (Phi) is 7.54. The average Bonchev–Trinajstić information content (AvgIpc) is 3.19. The summed E-state index contributed by atoms with van der Waals surface area (Å²) in [4.78, 5) is 48.8. The number of carbonyl (C=O) groups is 3. The molecule has 168 valence electrons. The number of rotatable bonds is 9. The molecule has 0 saturated carbocycles. The van der Waals surface area contributed by atoms with Gasteiger partial charge in [0.1, 0.15) is 0 Å². The molecule has 1 aliphatic rings. The van der Waals surface area contributed by atoms with Gasteiger partial charge in [0.2, 0.25) is 11.8 Å². The molecular formula is C23H25N3O6. The van der Waals surface area contributed by atoms with E-state index in [1.54, 1.807) is 24.3 Å². The molecule has 0 radical (unpaired) electrons. The van der Waals surface area contributed by atoms with Crippen LogP contribution >= 0.6 is 0 Å². The maximum absolute atomic E-state index is 12.6. The van der Waals surface area contributed by atoms with Gasteiger partial charge in [0.25, 0.3) is 5.69 Å². The van der Waals surface area contributed by atoms with Gasteiger partial charge in [0, 0.05) is 36.5 Å². The minimum absolute atomic E-state index is 0.0466. The second kappa shape index (κ2) is 10.5. The van der Waals surface area contributed by atoms with E-state index in [2.05, 4.69) is 12.2 Å². The van der Waals surface area contributed by atoms with Gasteiger partial charge in [-0.1, -0.05) is 19.8 Å². The minimum Gasteiger partial charge on any atom is -0.462 e. The predicted molar refractivity (Wildman–Crippen MR) is 118 cm³/mol. The summed E-state index contributed by atoms with van der Waals surface area (Å²) >= 11 is 0. The number of hydrogen-bond donors (Lipinski definition) is 1. The average molecular weight is 439 g/mol. The van der Waals surface area contributed by atoms with Crippen molar-refractivity contribution in [2.45, 2.75) is 32.6 Å². The molecule has 1 fully saturated rings. The standard InChI is InChI=1S/C23H25N3O6/c1-2-3-4-13-32-23(29)16-5-7-18(8-6-16)24-22(28)17-14-21(27)25(15-17)19-9-11-20(12-10-19)26(30)31/h5-12,17H,2-4,13-15H2,1H3,(H,24,28)/t17-/m0/s1. The zero-order chi connectivity index (χ0) is 23.1. The van der Waals surface area contributed by atoms with Crippen molar-refractivity contribution in [1.29, 1.82) is 0 Å². The summed E-state index contributed by atoms with van der Waals surface area (Å²) in [6, 6.07) is 12.0. The highest BCUT2D eigenvalue weighted by atomic mass is 16.6. The molecule has 9 nitrogen and oxygen atoms in total. The molecule has 3 rings (SSSR count). The Morgan fingerprint density at radius 3 is 2.44 bits per heavy atom. The van der Waals surface area contributed by atoms with Crippen LogP contribution in [0.5, 0.6) is 0 Å². The summed E-state index contributed by atoms with van der Waals surface area (Å²) in [5.41, 5.74) is 1.36. The number of nitrogens with one attached hydrogen (secondary N) is 1. The van der Waals surface area contributed by atoms with Crippen molar-refractivity contribution >= 4 is 34.8 Å². The number of unbranched alkanes of at least 4 members (excludes halogenated alkanes) is 2. The van der Waals surface area contributed by atoms with Gasteiger partial charge in [-0.2, -0.15) is 0 Å². The van der Waals surface area contributed by atoms with Crippen LogP contribution in [0.3, 0.4) is 0 Å². The topological polar surface area (TPSA) is 119 Å². The number of nitro groups is 1. The number of non-ortho nitro benzene ring substituents is 1. The molecule has 1 N–H and O–H groups in total. The van der Waals surface area contributed by atoms with Gasteiger partial charge in [-0.25, -0.2) is 4.79 Å². The number of benzene rings is 2. The molecule has 0 spiro atoms. The van der Waals surface area contributed by atoms with Crippen LogP contribution in [0.1, 0.15) is 43.0 Å². The maximum atomic E-state index is 12.6. The van der Waals surface area contributed by atoms with Gasteiger partial charge in [-0.05, 0) is 42.8 Å². The van der Waals surface area contributed by atoms with Crippen molar-refractivity contribution in [3.05, 3.63) is 64.2 Å². The van der Waals surface area contributed by atoms with E-state index in [0.717, 1.165) is 19.3 Å². The first kappa shape index (κ1) is 22.9. The Balaban J connectivity index is 1.55. The van der Waals surface area contributed by atoms with Gasteiger partial charge >= 0.3 is 5.97 Å². The van der Waals surface area contributed by atoms with Crippen LogP contribution in [0.2, 0.25) is 0 Å². The zero-order valence-electron chi connectivity index (χ0n) is 17.8. The third kappa shape index (κ3) is 5.69. The number of amides is 2. The molecule has 0 aliphatic carbocycles. The lowest BCUT2D eigenvalue weighted by atomic mass is 10.1. The normalized spacial score (nSPS) is 15.5. The van der Waals surface area contributed by atoms with Gasteiger partial charge in [0.05, 0.1) is 23.0 Å². The van der Waals surface area contributed by atoms with Crippen molar-refractivity contribution in [1.82, 2.24) is 0 Å². The van der Waals surface area contributed by atoms with Gasteiger partial charge in [-0.3, -0.25) is 19.7 Å². The summed E-state index contributed by atoms with van der Waals surface area (Å²) < 4.78 is 5.21. The molecule has 9 heteroatoms. The number of anilines is 2. The Morgan fingerprint density at radius 2 is 1.81 bits per heavy atom. The molecule has 2 aromatic rings. The number of hydrogen-bond acceptors (Lipinski definition) is 6. The third-order valence-corrected chi connectivity index (χ3v) is 5.24. The van der Waals surface area contributed by atoms with Crippen LogP contribution in [0, 0.1) is 16.0 Å². The molecule has 0 bridgehead atoms. The lowest BCUT2D eigenvalue weighted by Crippen LogP contribution is -2.28. The summed E-state index contributed by atoms with van der Waals surface area (Å²) in [5.74, 6) is -1.49. The smallest absolute Gasteiger partial charge is 0.338 e. The lowest BCUT2D eigenvalue weighted by molar-refractivity contribution is -0.384. The number of nitro benzene ring substituents is 1. The fourth-order valence-electron chi connectivity index (χ4n) is 3.42. The van der Waals surface area contributed by atoms with E-state index in [-0.39, 0.29) is 30.5 Å². The minimum atomic E-state index is -0.555. The van der Waals surface area contributed by atoms with E-state index >= 15 is 0 Å². The molecule has 1 atom stereocenters. The molecule has 0 unspecified atom stereocenters. The van der Waals surface area contributed by atoms with Crippen molar-refractivity contribution in [2.75, 3.05) is 23.4 Å². The molecule has 1 aliphatic heterocycles. The van der Waals surface area contributed by atoms with Crippen LogP contribution in [-0.4, -0.2) is 35.9 Å². The van der Waals surface area contributed by atoms with Crippen LogP contribution in [0.15, 0.2) is 48.5 Å². The van der Waals surface area contributed by atoms with Crippen LogP contribution < -0.4 is 10.2 Å². The highest BCUT2D eigenvalue weighted by Crippen LogP contribution is 2.27. The van der Waals surface area contributed by atoms with E-state index < -0.39 is 16.8 Å². The van der Waals surface area contributed by atoms with Crippen LogP contribution in [0.25, 0.3) is 0 Å². The van der Waals surface area contributed by atoms with Gasteiger partial charge in [0.15, 0.2) is 0 Å². The van der Waals surface area contributed by atoms with E-state index in [1.165, 1.54) is 29.2 Å². The van der Waals surface area contributed by atoms with Gasteiger partial charge in [-0.15, -0.1) is 0 Å². The van der Waals surface area contributed by atoms with E-state index in [0.29, 0.717) is 23.5 Å². The quantitative estimate of drug-likeness (QED) is 0.274. The number of nitrogens with zero attached hydrogens (tertiary/aromatic N) is 2.